The van der Waals surface area contributed by atoms with E-state index in [-0.39, 0.29) is 0 Å². The molecule has 0 saturated carbocycles. The Morgan fingerprint density at radius 2 is 1.33 bits per heavy atom. The van der Waals surface area contributed by atoms with Gasteiger partial charge < -0.3 is 18.9 Å². The highest BCUT2D eigenvalue weighted by Gasteiger charge is 2.57. The topological polar surface area (TPSA) is 71.1 Å². The molecule has 1 aliphatic rings. The molecule has 0 aromatic carbocycles. The molecular formula is C12H20O6. The molecule has 6 heteroatoms. The second-order valence-corrected chi connectivity index (χ2v) is 5.32. The first kappa shape index (κ1) is 14.9. The summed E-state index contributed by atoms with van der Waals surface area (Å²) < 4.78 is 20.4. The van der Waals surface area contributed by atoms with Crippen molar-refractivity contribution in [2.45, 2.75) is 45.7 Å². The molecule has 0 bridgehead atoms. The van der Waals surface area contributed by atoms with Crippen LogP contribution in [0.5, 0.6) is 0 Å². The first-order valence-electron chi connectivity index (χ1n) is 5.67. The van der Waals surface area contributed by atoms with Gasteiger partial charge in [0.05, 0.1) is 14.2 Å². The normalized spacial score (nSPS) is 26.8. The molecule has 0 aromatic heterocycles. The van der Waals surface area contributed by atoms with Gasteiger partial charge in [0.25, 0.3) is 0 Å². The molecule has 1 rings (SSSR count). The van der Waals surface area contributed by atoms with Crippen molar-refractivity contribution in [3.63, 3.8) is 0 Å². The second-order valence-electron chi connectivity index (χ2n) is 5.32. The van der Waals surface area contributed by atoms with E-state index in [0.717, 1.165) is 0 Å². The number of hydrogen-bond donors (Lipinski definition) is 0. The second kappa shape index (κ2) is 4.85. The third-order valence-corrected chi connectivity index (χ3v) is 3.21. The molecule has 0 aliphatic carbocycles. The monoisotopic (exact) mass is 260 g/mol. The molecule has 0 spiro atoms. The Hall–Kier alpha value is -1.14. The van der Waals surface area contributed by atoms with Crippen molar-refractivity contribution in [1.29, 1.82) is 0 Å². The van der Waals surface area contributed by atoms with Crippen LogP contribution in [-0.2, 0) is 28.5 Å². The third kappa shape index (κ3) is 2.49. The van der Waals surface area contributed by atoms with Crippen LogP contribution in [0, 0.1) is 5.41 Å². The lowest BCUT2D eigenvalue weighted by molar-refractivity contribution is -0.227. The molecule has 1 heterocycles. The molecule has 0 unspecified atom stereocenters. The molecule has 2 atom stereocenters. The summed E-state index contributed by atoms with van der Waals surface area (Å²) in [6.45, 7) is 7.36. The minimum atomic E-state index is -1.10. The molecule has 0 radical (unpaired) electrons. The number of carbonyl (C=O) groups is 2. The lowest BCUT2D eigenvalue weighted by atomic mass is 9.87. The molecular weight excluding hydrogens is 240 g/mol. The fourth-order valence-corrected chi connectivity index (χ4v) is 1.57. The molecule has 1 saturated heterocycles. The van der Waals surface area contributed by atoms with Crippen molar-refractivity contribution in [3.05, 3.63) is 0 Å². The van der Waals surface area contributed by atoms with Crippen molar-refractivity contribution in [1.82, 2.24) is 0 Å². The molecule has 1 aliphatic heterocycles. The van der Waals surface area contributed by atoms with Crippen molar-refractivity contribution >= 4 is 11.9 Å². The first-order valence-corrected chi connectivity index (χ1v) is 5.67. The van der Waals surface area contributed by atoms with Crippen LogP contribution in [0.4, 0.5) is 0 Å². The van der Waals surface area contributed by atoms with Crippen LogP contribution in [0.1, 0.15) is 27.7 Å². The van der Waals surface area contributed by atoms with Crippen molar-refractivity contribution in [2.75, 3.05) is 14.2 Å². The number of hydrogen-bond acceptors (Lipinski definition) is 6. The van der Waals surface area contributed by atoms with Gasteiger partial charge in [0, 0.05) is 5.41 Å². The minimum Gasteiger partial charge on any atom is -0.467 e. The summed E-state index contributed by atoms with van der Waals surface area (Å²) in [4.78, 5) is 23.2. The predicted molar refractivity (Wildman–Crippen MR) is 61.6 cm³/mol. The molecule has 1 fully saturated rings. The number of rotatable bonds is 2. The van der Waals surface area contributed by atoms with Gasteiger partial charge in [-0.15, -0.1) is 0 Å². The van der Waals surface area contributed by atoms with Gasteiger partial charge in [0.15, 0.2) is 18.0 Å². The summed E-state index contributed by atoms with van der Waals surface area (Å²) >= 11 is 0. The highest BCUT2D eigenvalue weighted by molar-refractivity contribution is 5.86. The maximum Gasteiger partial charge on any atom is 0.338 e. The average molecular weight is 260 g/mol. The zero-order chi connectivity index (χ0) is 14.1. The zero-order valence-electron chi connectivity index (χ0n) is 11.6. The highest BCUT2D eigenvalue weighted by atomic mass is 16.8. The zero-order valence-corrected chi connectivity index (χ0v) is 11.6. The number of methoxy groups -OCH3 is 2. The maximum atomic E-state index is 11.6. The van der Waals surface area contributed by atoms with Crippen molar-refractivity contribution in [3.8, 4) is 0 Å². The molecule has 104 valence electrons. The summed E-state index contributed by atoms with van der Waals surface area (Å²) in [7, 11) is 2.46. The Morgan fingerprint density at radius 1 is 1.00 bits per heavy atom. The predicted octanol–water partition coefficient (Wildman–Crippen LogP) is 0.879. The van der Waals surface area contributed by atoms with E-state index in [1.807, 2.05) is 20.8 Å². The lowest BCUT2D eigenvalue weighted by Crippen LogP contribution is -2.42. The largest absolute Gasteiger partial charge is 0.467 e. The highest BCUT2D eigenvalue weighted by Crippen LogP contribution is 2.42. The lowest BCUT2D eigenvalue weighted by Gasteiger charge is -2.36. The molecule has 6 nitrogen and oxygen atoms in total. The fraction of sp³-hybridized carbons (Fsp3) is 0.833. The van der Waals surface area contributed by atoms with Crippen LogP contribution in [0.2, 0.25) is 0 Å². The standard InChI is InChI=1S/C12H20O6/c1-11(2,3)12(4)17-7(9(13)15-5)8(18-12)10(14)16-6/h7-8H,1-6H3/t7-,8-/m1/s1. The maximum absolute atomic E-state index is 11.6. The van der Waals surface area contributed by atoms with Crippen molar-refractivity contribution < 1.29 is 28.5 Å². The summed E-state index contributed by atoms with van der Waals surface area (Å²) in [5.41, 5.74) is -0.415. The van der Waals surface area contributed by atoms with Gasteiger partial charge in [-0.2, -0.15) is 0 Å². The molecule has 0 N–H and O–H groups in total. The number of ether oxygens (including phenoxy) is 4. The van der Waals surface area contributed by atoms with Crippen molar-refractivity contribution in [2.24, 2.45) is 5.41 Å². The molecule has 0 aromatic rings. The summed E-state index contributed by atoms with van der Waals surface area (Å²) in [6, 6.07) is 0. The van der Waals surface area contributed by atoms with Crippen LogP contribution in [-0.4, -0.2) is 44.2 Å². The average Bonchev–Trinajstić information content (AvgIpc) is 2.66. The number of esters is 2. The van der Waals surface area contributed by atoms with Gasteiger partial charge >= 0.3 is 11.9 Å². The van der Waals surface area contributed by atoms with E-state index in [9.17, 15) is 9.59 Å². The smallest absolute Gasteiger partial charge is 0.338 e. The minimum absolute atomic E-state index is 0.415. The van der Waals surface area contributed by atoms with E-state index in [1.54, 1.807) is 6.92 Å². The van der Waals surface area contributed by atoms with E-state index >= 15 is 0 Å². The van der Waals surface area contributed by atoms with E-state index < -0.39 is 35.3 Å². The van der Waals surface area contributed by atoms with E-state index in [0.29, 0.717) is 0 Å². The summed E-state index contributed by atoms with van der Waals surface area (Å²) in [6.07, 6.45) is -2.21. The van der Waals surface area contributed by atoms with E-state index in [4.69, 9.17) is 9.47 Å². The Morgan fingerprint density at radius 3 is 1.56 bits per heavy atom. The van der Waals surface area contributed by atoms with E-state index in [2.05, 4.69) is 9.47 Å². The van der Waals surface area contributed by atoms with Gasteiger partial charge in [-0.1, -0.05) is 20.8 Å². The molecule has 18 heavy (non-hydrogen) atoms. The van der Waals surface area contributed by atoms with Gasteiger partial charge in [0.2, 0.25) is 0 Å². The SMILES string of the molecule is COC(=O)[C@@H]1OC(C)(C(C)(C)C)O[C@H]1C(=O)OC. The van der Waals surface area contributed by atoms with Crippen LogP contribution in [0.3, 0.4) is 0 Å². The van der Waals surface area contributed by atoms with Gasteiger partial charge in [0.1, 0.15) is 0 Å². The van der Waals surface area contributed by atoms with Crippen LogP contribution in [0.15, 0.2) is 0 Å². The summed E-state index contributed by atoms with van der Waals surface area (Å²) in [5.74, 6) is -2.37. The Bertz CT molecular complexity index is 319. The first-order chi connectivity index (χ1) is 8.16. The van der Waals surface area contributed by atoms with Crippen LogP contribution < -0.4 is 0 Å². The Kier molecular flexibility index (Phi) is 4.02. The Labute approximate surface area is 107 Å². The Balaban J connectivity index is 3.03. The number of carbonyl (C=O) groups excluding carboxylic acids is 2. The van der Waals surface area contributed by atoms with Gasteiger partial charge in [-0.25, -0.2) is 9.59 Å². The van der Waals surface area contributed by atoms with Crippen LogP contribution in [0.25, 0.3) is 0 Å². The van der Waals surface area contributed by atoms with E-state index in [1.165, 1.54) is 14.2 Å². The molecule has 0 amide bonds. The fourth-order valence-electron chi connectivity index (χ4n) is 1.57. The quantitative estimate of drug-likeness (QED) is 0.686. The van der Waals surface area contributed by atoms with Gasteiger partial charge in [-0.3, -0.25) is 0 Å². The van der Waals surface area contributed by atoms with Crippen LogP contribution >= 0.6 is 0 Å². The van der Waals surface area contributed by atoms with Gasteiger partial charge in [-0.05, 0) is 6.92 Å². The third-order valence-electron chi connectivity index (χ3n) is 3.21. The summed E-state index contributed by atoms with van der Waals surface area (Å²) in [5, 5.41) is 0.